The molecule has 1 fully saturated rings. The number of hydrogen-bond acceptors (Lipinski definition) is 2. The SMILES string of the molecule is CCc1ccccc1N1CC(CC(=O)O)CNC1=O. The number of nitrogens with zero attached hydrogens (tertiary/aromatic N) is 1. The summed E-state index contributed by atoms with van der Waals surface area (Å²) in [7, 11) is 0. The molecule has 1 aromatic carbocycles. The van der Waals surface area contributed by atoms with Crippen molar-refractivity contribution < 1.29 is 14.7 Å². The van der Waals surface area contributed by atoms with Crippen molar-refractivity contribution in [3.05, 3.63) is 29.8 Å². The van der Waals surface area contributed by atoms with Gasteiger partial charge in [-0.3, -0.25) is 9.69 Å². The molecule has 1 aromatic rings. The number of aliphatic carboxylic acids is 1. The van der Waals surface area contributed by atoms with Gasteiger partial charge in [-0.15, -0.1) is 0 Å². The molecule has 2 rings (SSSR count). The molecule has 1 saturated heterocycles. The van der Waals surface area contributed by atoms with E-state index in [-0.39, 0.29) is 18.4 Å². The first kappa shape index (κ1) is 13.4. The van der Waals surface area contributed by atoms with Crippen LogP contribution in [0.15, 0.2) is 24.3 Å². The molecule has 102 valence electrons. The van der Waals surface area contributed by atoms with Crippen molar-refractivity contribution >= 4 is 17.7 Å². The summed E-state index contributed by atoms with van der Waals surface area (Å²) >= 11 is 0. The Morgan fingerprint density at radius 3 is 2.89 bits per heavy atom. The number of carboxylic acids is 1. The van der Waals surface area contributed by atoms with Crippen LogP contribution in [-0.2, 0) is 11.2 Å². The van der Waals surface area contributed by atoms with Crippen molar-refractivity contribution in [1.82, 2.24) is 5.32 Å². The highest BCUT2D eigenvalue weighted by Gasteiger charge is 2.28. The smallest absolute Gasteiger partial charge is 0.321 e. The highest BCUT2D eigenvalue weighted by molar-refractivity contribution is 5.93. The lowest BCUT2D eigenvalue weighted by molar-refractivity contribution is -0.138. The van der Waals surface area contributed by atoms with E-state index in [0.29, 0.717) is 13.1 Å². The first-order chi connectivity index (χ1) is 9.11. The quantitative estimate of drug-likeness (QED) is 0.870. The number of carbonyl (C=O) groups excluding carboxylic acids is 1. The molecule has 0 saturated carbocycles. The third-order valence-corrected chi connectivity index (χ3v) is 3.35. The maximum atomic E-state index is 12.0. The Kier molecular flexibility index (Phi) is 4.04. The van der Waals surface area contributed by atoms with Crippen LogP contribution in [0, 0.1) is 5.92 Å². The van der Waals surface area contributed by atoms with E-state index in [1.165, 1.54) is 0 Å². The van der Waals surface area contributed by atoms with E-state index in [0.717, 1.165) is 17.7 Å². The van der Waals surface area contributed by atoms with Crippen LogP contribution in [0.4, 0.5) is 10.5 Å². The fraction of sp³-hybridized carbons (Fsp3) is 0.429. The highest BCUT2D eigenvalue weighted by atomic mass is 16.4. The van der Waals surface area contributed by atoms with Gasteiger partial charge in [0.05, 0.1) is 6.42 Å². The topological polar surface area (TPSA) is 69.6 Å². The van der Waals surface area contributed by atoms with Crippen LogP contribution in [0.2, 0.25) is 0 Å². The van der Waals surface area contributed by atoms with Crippen molar-refractivity contribution in [2.75, 3.05) is 18.0 Å². The van der Waals surface area contributed by atoms with E-state index < -0.39 is 5.97 Å². The normalized spacial score (nSPS) is 19.1. The summed E-state index contributed by atoms with van der Waals surface area (Å²) in [6, 6.07) is 7.58. The second-order valence-electron chi connectivity index (χ2n) is 4.74. The minimum Gasteiger partial charge on any atom is -0.481 e. The summed E-state index contributed by atoms with van der Waals surface area (Å²) < 4.78 is 0. The lowest BCUT2D eigenvalue weighted by Gasteiger charge is -2.33. The lowest BCUT2D eigenvalue weighted by atomic mass is 10.0. The maximum Gasteiger partial charge on any atom is 0.321 e. The van der Waals surface area contributed by atoms with Crippen LogP contribution in [0.1, 0.15) is 18.9 Å². The van der Waals surface area contributed by atoms with Crippen LogP contribution >= 0.6 is 0 Å². The Morgan fingerprint density at radius 2 is 2.21 bits per heavy atom. The fourth-order valence-corrected chi connectivity index (χ4v) is 2.40. The van der Waals surface area contributed by atoms with Crippen LogP contribution < -0.4 is 10.2 Å². The van der Waals surface area contributed by atoms with E-state index in [2.05, 4.69) is 5.32 Å². The lowest BCUT2D eigenvalue weighted by Crippen LogP contribution is -2.52. The number of rotatable bonds is 4. The molecule has 1 aliphatic heterocycles. The Morgan fingerprint density at radius 1 is 1.47 bits per heavy atom. The summed E-state index contributed by atoms with van der Waals surface area (Å²) in [6.07, 6.45) is 0.911. The Balaban J connectivity index is 2.21. The third-order valence-electron chi connectivity index (χ3n) is 3.35. The van der Waals surface area contributed by atoms with Gasteiger partial charge in [-0.25, -0.2) is 4.79 Å². The average molecular weight is 262 g/mol. The molecule has 0 aromatic heterocycles. The molecule has 0 radical (unpaired) electrons. The summed E-state index contributed by atoms with van der Waals surface area (Å²) in [6.45, 7) is 2.92. The standard InChI is InChI=1S/C14H18N2O3/c1-2-11-5-3-4-6-12(11)16-9-10(7-13(17)18)8-15-14(16)19/h3-6,10H,2,7-9H2,1H3,(H,15,19)(H,17,18). The van der Waals surface area contributed by atoms with E-state index >= 15 is 0 Å². The number of urea groups is 1. The van der Waals surface area contributed by atoms with Crippen molar-refractivity contribution in [3.8, 4) is 0 Å². The summed E-state index contributed by atoms with van der Waals surface area (Å²) in [4.78, 5) is 24.4. The van der Waals surface area contributed by atoms with E-state index in [9.17, 15) is 9.59 Å². The van der Waals surface area contributed by atoms with E-state index in [4.69, 9.17) is 5.11 Å². The first-order valence-electron chi connectivity index (χ1n) is 6.47. The van der Waals surface area contributed by atoms with E-state index in [1.807, 2.05) is 31.2 Å². The number of aryl methyl sites for hydroxylation is 1. The number of hydrogen-bond donors (Lipinski definition) is 2. The average Bonchev–Trinajstić information content (AvgIpc) is 2.40. The monoisotopic (exact) mass is 262 g/mol. The molecular weight excluding hydrogens is 244 g/mol. The number of carbonyl (C=O) groups is 2. The second-order valence-corrected chi connectivity index (χ2v) is 4.74. The molecule has 0 bridgehead atoms. The number of anilines is 1. The molecule has 1 heterocycles. The molecule has 2 amide bonds. The van der Waals surface area contributed by atoms with Gasteiger partial charge in [-0.1, -0.05) is 25.1 Å². The molecule has 5 nitrogen and oxygen atoms in total. The number of nitrogens with one attached hydrogen (secondary N) is 1. The molecule has 0 aliphatic carbocycles. The van der Waals surface area contributed by atoms with Gasteiger partial charge >= 0.3 is 12.0 Å². The van der Waals surface area contributed by atoms with Gasteiger partial charge in [-0.2, -0.15) is 0 Å². The predicted molar refractivity (Wildman–Crippen MR) is 72.3 cm³/mol. The zero-order valence-electron chi connectivity index (χ0n) is 10.9. The van der Waals surface area contributed by atoms with Crippen LogP contribution in [0.3, 0.4) is 0 Å². The molecule has 19 heavy (non-hydrogen) atoms. The molecule has 0 spiro atoms. The van der Waals surface area contributed by atoms with Crippen molar-refractivity contribution in [2.45, 2.75) is 19.8 Å². The second kappa shape index (κ2) is 5.73. The molecule has 2 N–H and O–H groups in total. The van der Waals surface area contributed by atoms with Crippen LogP contribution in [-0.4, -0.2) is 30.2 Å². The first-order valence-corrected chi connectivity index (χ1v) is 6.47. The van der Waals surface area contributed by atoms with Gasteiger partial charge in [0.25, 0.3) is 0 Å². The molecule has 1 aliphatic rings. The summed E-state index contributed by atoms with van der Waals surface area (Å²) in [5, 5.41) is 11.6. The predicted octanol–water partition coefficient (Wildman–Crippen LogP) is 1.87. The Bertz CT molecular complexity index is 487. The highest BCUT2D eigenvalue weighted by Crippen LogP contribution is 2.24. The minimum absolute atomic E-state index is 0.0555. The summed E-state index contributed by atoms with van der Waals surface area (Å²) in [5.74, 6) is -0.884. The number of para-hydroxylation sites is 1. The van der Waals surface area contributed by atoms with Crippen LogP contribution in [0.25, 0.3) is 0 Å². The fourth-order valence-electron chi connectivity index (χ4n) is 2.40. The third kappa shape index (κ3) is 3.05. The van der Waals surface area contributed by atoms with Crippen molar-refractivity contribution in [2.24, 2.45) is 5.92 Å². The largest absolute Gasteiger partial charge is 0.481 e. The van der Waals surface area contributed by atoms with Gasteiger partial charge in [-0.05, 0) is 18.1 Å². The van der Waals surface area contributed by atoms with Gasteiger partial charge in [0.15, 0.2) is 0 Å². The van der Waals surface area contributed by atoms with Gasteiger partial charge in [0, 0.05) is 24.7 Å². The molecular formula is C14H18N2O3. The molecule has 5 heteroatoms. The minimum atomic E-state index is -0.829. The number of carboxylic acid groups (broad SMARTS) is 1. The van der Waals surface area contributed by atoms with Gasteiger partial charge in [0.2, 0.25) is 0 Å². The van der Waals surface area contributed by atoms with E-state index in [1.54, 1.807) is 4.90 Å². The van der Waals surface area contributed by atoms with Gasteiger partial charge in [0.1, 0.15) is 0 Å². The summed E-state index contributed by atoms with van der Waals surface area (Å²) in [5.41, 5.74) is 1.96. The maximum absolute atomic E-state index is 12.0. The van der Waals surface area contributed by atoms with Crippen molar-refractivity contribution in [1.29, 1.82) is 0 Å². The Labute approximate surface area is 112 Å². The number of amides is 2. The Hall–Kier alpha value is -2.04. The zero-order valence-corrected chi connectivity index (χ0v) is 10.9. The number of benzene rings is 1. The zero-order chi connectivity index (χ0) is 13.8. The van der Waals surface area contributed by atoms with Gasteiger partial charge < -0.3 is 10.4 Å². The molecule has 1 atom stereocenters. The van der Waals surface area contributed by atoms with Crippen LogP contribution in [0.5, 0.6) is 0 Å². The van der Waals surface area contributed by atoms with Crippen molar-refractivity contribution in [3.63, 3.8) is 0 Å². The molecule has 1 unspecified atom stereocenters.